The van der Waals surface area contributed by atoms with Crippen molar-refractivity contribution in [3.63, 3.8) is 0 Å². The van der Waals surface area contributed by atoms with Crippen LogP contribution in [0.2, 0.25) is 0 Å². The van der Waals surface area contributed by atoms with E-state index in [9.17, 15) is 5.11 Å². The van der Waals surface area contributed by atoms with Gasteiger partial charge in [0.05, 0.1) is 6.30 Å². The Morgan fingerprint density at radius 1 is 1.27 bits per heavy atom. The van der Waals surface area contributed by atoms with E-state index in [1.807, 2.05) is 44.2 Å². The monoisotopic (exact) mass is 221 g/mol. The van der Waals surface area contributed by atoms with Crippen molar-refractivity contribution in [2.24, 2.45) is 5.92 Å². The van der Waals surface area contributed by atoms with Gasteiger partial charge in [0, 0.05) is 11.5 Å². The number of aliphatic hydroxyl groups excluding tert-OH is 1. The second-order valence-electron chi connectivity index (χ2n) is 3.95. The van der Waals surface area contributed by atoms with Crippen LogP contribution in [0.1, 0.15) is 19.4 Å². The third-order valence-corrected chi connectivity index (χ3v) is 3.47. The second kappa shape index (κ2) is 5.14. The van der Waals surface area contributed by atoms with E-state index in [-0.39, 0.29) is 5.92 Å². The van der Waals surface area contributed by atoms with Gasteiger partial charge in [0.15, 0.2) is 5.31 Å². The maximum atomic E-state index is 10.1. The van der Waals surface area contributed by atoms with Crippen molar-refractivity contribution in [2.75, 3.05) is 6.66 Å². The third kappa shape index (κ3) is 2.94. The molecule has 0 aliphatic carbocycles. The Hall–Kier alpha value is -1.07. The molecule has 0 aliphatic heterocycles. The summed E-state index contributed by atoms with van der Waals surface area (Å²) >= 11 is 0. The van der Waals surface area contributed by atoms with E-state index in [0.717, 1.165) is 10.9 Å². The Morgan fingerprint density at radius 3 is 2.20 bits per heavy atom. The summed E-state index contributed by atoms with van der Waals surface area (Å²) in [7, 11) is -0.532. The standard InChI is InChI=1S/C13H17OP/c1-10(2)12(14)13(15(3)4)11-8-6-5-7-9-11/h5-10H,3H2,1-2,4H3/p+1. The van der Waals surface area contributed by atoms with Gasteiger partial charge < -0.3 is 5.11 Å². The number of rotatable bonds is 3. The smallest absolute Gasteiger partial charge is 0.192 e. The minimum atomic E-state index is -0.532. The van der Waals surface area contributed by atoms with Crippen LogP contribution in [0.3, 0.4) is 0 Å². The van der Waals surface area contributed by atoms with Gasteiger partial charge >= 0.3 is 0 Å². The summed E-state index contributed by atoms with van der Waals surface area (Å²) in [6, 6.07) is 10.0. The van der Waals surface area contributed by atoms with E-state index in [1.165, 1.54) is 0 Å². The first kappa shape index (κ1) is 12.0. The quantitative estimate of drug-likeness (QED) is 0.601. The zero-order valence-corrected chi connectivity index (χ0v) is 10.5. The van der Waals surface area contributed by atoms with Gasteiger partial charge in [0.2, 0.25) is 0 Å². The maximum absolute atomic E-state index is 10.1. The minimum Gasteiger partial charge on any atom is -0.507 e. The molecule has 0 saturated carbocycles. The number of hydrogen-bond acceptors (Lipinski definition) is 1. The highest BCUT2D eigenvalue weighted by Gasteiger charge is 2.20. The van der Waals surface area contributed by atoms with Gasteiger partial charge in [-0.1, -0.05) is 44.2 Å². The molecule has 1 atom stereocenters. The van der Waals surface area contributed by atoms with E-state index in [4.69, 9.17) is 0 Å². The molecule has 0 saturated heterocycles. The first-order chi connectivity index (χ1) is 7.04. The van der Waals surface area contributed by atoms with E-state index in [2.05, 4.69) is 13.0 Å². The number of benzene rings is 1. The van der Waals surface area contributed by atoms with Crippen molar-refractivity contribution in [1.29, 1.82) is 0 Å². The fraction of sp³-hybridized carbons (Fsp3) is 0.308. The average Bonchev–Trinajstić information content (AvgIpc) is 2.18. The molecule has 1 aromatic carbocycles. The van der Waals surface area contributed by atoms with E-state index in [0.29, 0.717) is 5.76 Å². The molecule has 1 rings (SSSR count). The second-order valence-corrected chi connectivity index (χ2v) is 5.80. The lowest BCUT2D eigenvalue weighted by molar-refractivity contribution is 0.356. The van der Waals surface area contributed by atoms with Crippen LogP contribution in [-0.4, -0.2) is 18.1 Å². The lowest BCUT2D eigenvalue weighted by atomic mass is 10.1. The molecule has 15 heavy (non-hydrogen) atoms. The van der Waals surface area contributed by atoms with Gasteiger partial charge in [-0.3, -0.25) is 0 Å². The Morgan fingerprint density at radius 2 is 1.80 bits per heavy atom. The Kier molecular flexibility index (Phi) is 4.11. The molecule has 0 amide bonds. The number of allylic oxidation sites excluding steroid dienone is 1. The molecule has 0 heterocycles. The Bertz CT molecular complexity index is 377. The SMILES string of the molecule is C=[P+](C)C(=C(O)C(C)C)c1ccccc1. The molecule has 0 aliphatic rings. The highest BCUT2D eigenvalue weighted by Crippen LogP contribution is 2.40. The molecule has 1 N–H and O–H groups in total. The summed E-state index contributed by atoms with van der Waals surface area (Å²) in [5, 5.41) is 11.1. The lowest BCUT2D eigenvalue weighted by Crippen LogP contribution is -1.96. The van der Waals surface area contributed by atoms with Gasteiger partial charge in [-0.2, -0.15) is 0 Å². The summed E-state index contributed by atoms with van der Waals surface area (Å²) in [5.74, 6) is 0.636. The predicted molar refractivity (Wildman–Crippen MR) is 70.8 cm³/mol. The molecule has 1 nitrogen and oxygen atoms in total. The molecule has 0 bridgehead atoms. The van der Waals surface area contributed by atoms with Gasteiger partial charge in [-0.25, -0.2) is 0 Å². The van der Waals surface area contributed by atoms with Crippen molar-refractivity contribution in [3.8, 4) is 0 Å². The molecular formula is C13H18OP+. The summed E-state index contributed by atoms with van der Waals surface area (Å²) in [6.45, 7) is 6.06. The van der Waals surface area contributed by atoms with Crippen molar-refractivity contribution in [1.82, 2.24) is 0 Å². The average molecular weight is 221 g/mol. The normalized spacial score (nSPS) is 13.7. The summed E-state index contributed by atoms with van der Waals surface area (Å²) in [4.78, 5) is 0. The van der Waals surface area contributed by atoms with Crippen molar-refractivity contribution < 1.29 is 5.11 Å². The van der Waals surface area contributed by atoms with Crippen LogP contribution in [0, 0.1) is 5.92 Å². The van der Waals surface area contributed by atoms with E-state index >= 15 is 0 Å². The maximum Gasteiger partial charge on any atom is 0.192 e. The van der Waals surface area contributed by atoms with Crippen LogP contribution in [0.4, 0.5) is 0 Å². The molecule has 0 radical (unpaired) electrons. The fourth-order valence-corrected chi connectivity index (χ4v) is 2.67. The molecule has 2 heteroatoms. The van der Waals surface area contributed by atoms with Crippen LogP contribution < -0.4 is 0 Å². The zero-order chi connectivity index (χ0) is 11.4. The van der Waals surface area contributed by atoms with Crippen LogP contribution in [0.5, 0.6) is 0 Å². The number of hydrogen-bond donors (Lipinski definition) is 1. The first-order valence-corrected chi connectivity index (χ1v) is 7.04. The highest BCUT2D eigenvalue weighted by molar-refractivity contribution is 7.65. The molecule has 80 valence electrons. The van der Waals surface area contributed by atoms with Crippen molar-refractivity contribution in [3.05, 3.63) is 41.7 Å². The van der Waals surface area contributed by atoms with E-state index < -0.39 is 7.55 Å². The van der Waals surface area contributed by atoms with Gasteiger partial charge in [-0.05, 0) is 0 Å². The third-order valence-electron chi connectivity index (χ3n) is 2.22. The first-order valence-electron chi connectivity index (χ1n) is 5.06. The minimum absolute atomic E-state index is 0.159. The molecule has 0 spiro atoms. The van der Waals surface area contributed by atoms with Gasteiger partial charge in [0.1, 0.15) is 20.0 Å². The van der Waals surface area contributed by atoms with Crippen LogP contribution in [0.15, 0.2) is 36.1 Å². The molecular weight excluding hydrogens is 203 g/mol. The fourth-order valence-electron chi connectivity index (χ4n) is 1.43. The molecule has 1 unspecified atom stereocenters. The molecule has 0 aromatic heterocycles. The summed E-state index contributed by atoms with van der Waals surface area (Å²) < 4.78 is 0. The van der Waals surface area contributed by atoms with E-state index in [1.54, 1.807) is 0 Å². The Balaban J connectivity index is 3.27. The van der Waals surface area contributed by atoms with Crippen LogP contribution >= 0.6 is 7.55 Å². The lowest BCUT2D eigenvalue weighted by Gasteiger charge is -2.07. The largest absolute Gasteiger partial charge is 0.507 e. The molecule has 0 fully saturated rings. The van der Waals surface area contributed by atoms with Gasteiger partial charge in [0.25, 0.3) is 0 Å². The van der Waals surface area contributed by atoms with Crippen molar-refractivity contribution >= 4 is 19.2 Å². The van der Waals surface area contributed by atoms with Crippen LogP contribution in [0.25, 0.3) is 5.31 Å². The van der Waals surface area contributed by atoms with Crippen LogP contribution in [-0.2, 0) is 0 Å². The zero-order valence-electron chi connectivity index (χ0n) is 9.57. The highest BCUT2D eigenvalue weighted by atomic mass is 31.1. The summed E-state index contributed by atoms with van der Waals surface area (Å²) in [5.41, 5.74) is 1.09. The summed E-state index contributed by atoms with van der Waals surface area (Å²) in [6.07, 6.45) is 4.07. The predicted octanol–water partition coefficient (Wildman–Crippen LogP) is 4.11. The number of aliphatic hydroxyl groups is 1. The Labute approximate surface area is 92.8 Å². The topological polar surface area (TPSA) is 20.2 Å². The molecule has 1 aromatic rings. The van der Waals surface area contributed by atoms with Gasteiger partial charge in [-0.15, -0.1) is 0 Å². The van der Waals surface area contributed by atoms with Crippen molar-refractivity contribution in [2.45, 2.75) is 13.8 Å².